The average Bonchev–Trinajstić information content (AvgIpc) is 2.77. The Morgan fingerprint density at radius 3 is 2.23 bits per heavy atom. The van der Waals surface area contributed by atoms with Crippen molar-refractivity contribution in [2.45, 2.75) is 41.7 Å². The quantitative estimate of drug-likeness (QED) is 0.717. The first-order valence-corrected chi connectivity index (χ1v) is 10.1. The fourth-order valence-corrected chi connectivity index (χ4v) is 5.71. The van der Waals surface area contributed by atoms with E-state index in [9.17, 15) is 22.0 Å². The normalized spacial score (nSPS) is 20.7. The number of halogens is 3. The summed E-state index contributed by atoms with van der Waals surface area (Å²) in [6.07, 6.45) is 3.16. The van der Waals surface area contributed by atoms with Gasteiger partial charge >= 0.3 is 0 Å². The zero-order chi connectivity index (χ0) is 18.9. The van der Waals surface area contributed by atoms with E-state index >= 15 is 0 Å². The number of rotatable bonds is 3. The van der Waals surface area contributed by atoms with E-state index in [0.717, 1.165) is 12.2 Å². The number of Topliss-reactive ketones (excluding diaryl/α,β-unsaturated/α-hetero) is 1. The highest BCUT2D eigenvalue weighted by Gasteiger charge is 2.51. The first-order valence-electron chi connectivity index (χ1n) is 8.22. The molecule has 0 atom stereocenters. The third kappa shape index (κ3) is 3.28. The molecule has 1 aromatic rings. The molecule has 3 rings (SSSR count). The molecule has 0 spiro atoms. The van der Waals surface area contributed by atoms with E-state index in [1.165, 1.54) is 30.3 Å². The van der Waals surface area contributed by atoms with E-state index in [4.69, 9.17) is 11.6 Å². The summed E-state index contributed by atoms with van der Waals surface area (Å²) in [6.45, 7) is 0. The van der Waals surface area contributed by atoms with Crippen LogP contribution in [0.5, 0.6) is 0 Å². The summed E-state index contributed by atoms with van der Waals surface area (Å²) >= 11 is 5.84. The maximum absolute atomic E-state index is 14.7. The van der Waals surface area contributed by atoms with Crippen LogP contribution in [0.15, 0.2) is 64.6 Å². The summed E-state index contributed by atoms with van der Waals surface area (Å²) in [5.41, 5.74) is -0.216. The lowest BCUT2D eigenvalue weighted by Crippen LogP contribution is -2.44. The minimum atomic E-state index is -4.09. The molecule has 0 radical (unpaired) electrons. The third-order valence-electron chi connectivity index (χ3n) is 4.89. The Morgan fingerprint density at radius 1 is 1.00 bits per heavy atom. The molecule has 0 unspecified atom stereocenters. The third-order valence-corrected chi connectivity index (χ3v) is 7.70. The molecule has 1 saturated carbocycles. The van der Waals surface area contributed by atoms with Gasteiger partial charge < -0.3 is 0 Å². The molecule has 0 heterocycles. The summed E-state index contributed by atoms with van der Waals surface area (Å²) in [4.78, 5) is 11.7. The summed E-state index contributed by atoms with van der Waals surface area (Å²) in [6, 6.07) is 5.57. The SMILES string of the molecule is O=C1CCC(C2=CC(F)=CCC=C2F)(S(=O)(=O)c2ccc(Cl)cc2)CC1. The van der Waals surface area contributed by atoms with Gasteiger partial charge in [0.05, 0.1) is 4.90 Å². The number of allylic oxidation sites excluding steroid dienone is 5. The standard InChI is InChI=1S/C19H17ClF2O3S/c20-13-4-6-16(7-5-13)26(24,25)19(10-8-15(23)9-11-19)17-12-14(21)2-1-3-18(17)22/h2-7,12H,1,8-11H2. The van der Waals surface area contributed by atoms with E-state index in [1.54, 1.807) is 0 Å². The summed E-state index contributed by atoms with van der Waals surface area (Å²) in [5, 5.41) is 0.366. The van der Waals surface area contributed by atoms with Gasteiger partial charge in [0, 0.05) is 23.4 Å². The molecule has 0 saturated heterocycles. The van der Waals surface area contributed by atoms with E-state index in [-0.39, 0.29) is 48.4 Å². The van der Waals surface area contributed by atoms with Gasteiger partial charge in [-0.1, -0.05) is 11.6 Å². The van der Waals surface area contributed by atoms with Crippen molar-refractivity contribution in [3.8, 4) is 0 Å². The van der Waals surface area contributed by atoms with Gasteiger partial charge in [-0.2, -0.15) is 0 Å². The molecule has 0 bridgehead atoms. The van der Waals surface area contributed by atoms with Gasteiger partial charge in [0.15, 0.2) is 9.84 Å². The van der Waals surface area contributed by atoms with Crippen LogP contribution in [0.2, 0.25) is 5.02 Å². The molecule has 138 valence electrons. The van der Waals surface area contributed by atoms with Gasteiger partial charge in [-0.15, -0.1) is 0 Å². The second-order valence-corrected chi connectivity index (χ2v) is 9.12. The molecule has 2 aliphatic carbocycles. The summed E-state index contributed by atoms with van der Waals surface area (Å²) in [5.74, 6) is -1.53. The van der Waals surface area contributed by atoms with E-state index in [0.29, 0.717) is 5.02 Å². The van der Waals surface area contributed by atoms with E-state index in [2.05, 4.69) is 0 Å². The van der Waals surface area contributed by atoms with Crippen molar-refractivity contribution in [2.75, 3.05) is 0 Å². The molecular formula is C19H17ClF2O3S. The zero-order valence-electron chi connectivity index (χ0n) is 13.8. The van der Waals surface area contributed by atoms with Gasteiger partial charge in [-0.25, -0.2) is 17.2 Å². The topological polar surface area (TPSA) is 51.2 Å². The highest BCUT2D eigenvalue weighted by atomic mass is 35.5. The molecule has 0 amide bonds. The van der Waals surface area contributed by atoms with Crippen molar-refractivity contribution < 1.29 is 22.0 Å². The predicted molar refractivity (Wildman–Crippen MR) is 95.9 cm³/mol. The fraction of sp³-hybridized carbons (Fsp3) is 0.316. The molecular weight excluding hydrogens is 382 g/mol. The predicted octanol–water partition coefficient (Wildman–Crippen LogP) is 5.03. The molecule has 1 aromatic carbocycles. The van der Waals surface area contributed by atoms with Crippen LogP contribution < -0.4 is 0 Å². The number of hydrogen-bond donors (Lipinski definition) is 0. The smallest absolute Gasteiger partial charge is 0.188 e. The molecule has 7 heteroatoms. The van der Waals surface area contributed by atoms with Crippen LogP contribution in [-0.2, 0) is 14.6 Å². The minimum Gasteiger partial charge on any atom is -0.300 e. The lowest BCUT2D eigenvalue weighted by Gasteiger charge is -2.37. The Kier molecular flexibility index (Phi) is 5.17. The maximum Gasteiger partial charge on any atom is 0.188 e. The van der Waals surface area contributed by atoms with Crippen LogP contribution in [-0.4, -0.2) is 18.9 Å². The van der Waals surface area contributed by atoms with Crippen molar-refractivity contribution in [3.05, 3.63) is 64.7 Å². The van der Waals surface area contributed by atoms with Crippen LogP contribution in [0, 0.1) is 0 Å². The first-order chi connectivity index (χ1) is 12.3. The highest BCUT2D eigenvalue weighted by Crippen LogP contribution is 2.47. The Balaban J connectivity index is 2.21. The van der Waals surface area contributed by atoms with Crippen LogP contribution in [0.1, 0.15) is 32.1 Å². The average molecular weight is 399 g/mol. The zero-order valence-corrected chi connectivity index (χ0v) is 15.4. The van der Waals surface area contributed by atoms with E-state index in [1.807, 2.05) is 0 Å². The lowest BCUT2D eigenvalue weighted by molar-refractivity contribution is -0.120. The molecule has 0 aromatic heterocycles. The van der Waals surface area contributed by atoms with Crippen LogP contribution >= 0.6 is 11.6 Å². The molecule has 3 nitrogen and oxygen atoms in total. The largest absolute Gasteiger partial charge is 0.300 e. The first kappa shape index (κ1) is 19.0. The van der Waals surface area contributed by atoms with Crippen molar-refractivity contribution in [1.29, 1.82) is 0 Å². The second-order valence-electron chi connectivity index (χ2n) is 6.43. The van der Waals surface area contributed by atoms with Crippen LogP contribution in [0.3, 0.4) is 0 Å². The fourth-order valence-electron chi connectivity index (χ4n) is 3.45. The summed E-state index contributed by atoms with van der Waals surface area (Å²) in [7, 11) is -4.09. The van der Waals surface area contributed by atoms with Gasteiger partial charge in [0.25, 0.3) is 0 Å². The van der Waals surface area contributed by atoms with Crippen molar-refractivity contribution in [1.82, 2.24) is 0 Å². The Morgan fingerprint density at radius 2 is 1.62 bits per heavy atom. The monoisotopic (exact) mass is 398 g/mol. The molecule has 1 fully saturated rings. The van der Waals surface area contributed by atoms with Crippen LogP contribution in [0.4, 0.5) is 8.78 Å². The Bertz CT molecular complexity index is 918. The van der Waals surface area contributed by atoms with Crippen molar-refractivity contribution >= 4 is 27.2 Å². The van der Waals surface area contributed by atoms with Crippen molar-refractivity contribution in [2.24, 2.45) is 0 Å². The number of carbonyl (C=O) groups excluding carboxylic acids is 1. The lowest BCUT2D eigenvalue weighted by atomic mass is 9.81. The van der Waals surface area contributed by atoms with Crippen molar-refractivity contribution in [3.63, 3.8) is 0 Å². The number of carbonyl (C=O) groups is 1. The number of benzene rings is 1. The van der Waals surface area contributed by atoms with Gasteiger partial charge in [0.2, 0.25) is 0 Å². The van der Waals surface area contributed by atoms with E-state index < -0.39 is 26.2 Å². The number of ketones is 1. The van der Waals surface area contributed by atoms with Crippen LogP contribution in [0.25, 0.3) is 0 Å². The molecule has 0 N–H and O–H groups in total. The minimum absolute atomic E-state index is 0.00275. The second kappa shape index (κ2) is 7.08. The highest BCUT2D eigenvalue weighted by molar-refractivity contribution is 7.93. The van der Waals surface area contributed by atoms with Gasteiger partial charge in [-0.3, -0.25) is 4.79 Å². The molecule has 0 aliphatic heterocycles. The number of hydrogen-bond acceptors (Lipinski definition) is 3. The van der Waals surface area contributed by atoms with Gasteiger partial charge in [0.1, 0.15) is 22.2 Å². The summed E-state index contributed by atoms with van der Waals surface area (Å²) < 4.78 is 54.0. The molecule has 2 aliphatic rings. The Hall–Kier alpha value is -1.79. The maximum atomic E-state index is 14.7. The Labute approximate surface area is 156 Å². The van der Waals surface area contributed by atoms with Gasteiger partial charge in [-0.05, 0) is 61.8 Å². The number of sulfone groups is 1. The molecule has 26 heavy (non-hydrogen) atoms.